The van der Waals surface area contributed by atoms with Gasteiger partial charge in [-0.1, -0.05) is 6.07 Å². The number of ether oxygens (including phenoxy) is 1. The Morgan fingerprint density at radius 2 is 2.00 bits per heavy atom. The van der Waals surface area contributed by atoms with Gasteiger partial charge in [-0.2, -0.15) is 5.10 Å². The fourth-order valence-corrected chi connectivity index (χ4v) is 2.18. The molecule has 2 heterocycles. The van der Waals surface area contributed by atoms with Crippen LogP contribution in [0.3, 0.4) is 0 Å². The van der Waals surface area contributed by atoms with E-state index in [1.807, 2.05) is 44.2 Å². The number of nitrogens with zero attached hydrogens (tertiary/aromatic N) is 3. The smallest absolute Gasteiger partial charge is 0.243 e. The highest BCUT2D eigenvalue weighted by atomic mass is 16.5. The van der Waals surface area contributed by atoms with Crippen molar-refractivity contribution in [1.82, 2.24) is 15.2 Å². The highest BCUT2D eigenvalue weighted by Crippen LogP contribution is 2.27. The van der Waals surface area contributed by atoms with Crippen LogP contribution in [0.2, 0.25) is 0 Å². The molecule has 0 spiro atoms. The molecule has 0 saturated heterocycles. The molecule has 0 fully saturated rings. The van der Waals surface area contributed by atoms with Crippen LogP contribution in [0.4, 0.5) is 0 Å². The Morgan fingerprint density at radius 1 is 1.14 bits per heavy atom. The van der Waals surface area contributed by atoms with E-state index in [1.54, 1.807) is 6.20 Å². The van der Waals surface area contributed by atoms with Gasteiger partial charge >= 0.3 is 0 Å². The Bertz CT molecular complexity index is 801. The van der Waals surface area contributed by atoms with Crippen LogP contribution in [0.1, 0.15) is 16.8 Å². The maximum atomic E-state index is 5.85. The molecule has 0 amide bonds. The van der Waals surface area contributed by atoms with E-state index >= 15 is 0 Å². The number of pyridine rings is 1. The van der Waals surface area contributed by atoms with Crippen molar-refractivity contribution in [3.8, 4) is 11.6 Å². The Kier molecular flexibility index (Phi) is 3.50. The molecule has 5 nitrogen and oxygen atoms in total. The van der Waals surface area contributed by atoms with Crippen LogP contribution in [0, 0.1) is 13.8 Å². The Hall–Kier alpha value is -2.53. The van der Waals surface area contributed by atoms with Crippen molar-refractivity contribution in [3.05, 3.63) is 53.3 Å². The van der Waals surface area contributed by atoms with Crippen LogP contribution in [0.25, 0.3) is 10.9 Å². The summed E-state index contributed by atoms with van der Waals surface area (Å²) in [5, 5.41) is 9.28. The zero-order valence-electron chi connectivity index (χ0n) is 12.0. The van der Waals surface area contributed by atoms with Crippen molar-refractivity contribution in [2.45, 2.75) is 20.4 Å². The molecule has 0 aliphatic heterocycles. The van der Waals surface area contributed by atoms with Crippen molar-refractivity contribution in [3.63, 3.8) is 0 Å². The van der Waals surface area contributed by atoms with Gasteiger partial charge in [-0.25, -0.2) is 0 Å². The lowest BCUT2D eigenvalue weighted by Crippen LogP contribution is -2.07. The quantitative estimate of drug-likeness (QED) is 0.798. The molecule has 0 radical (unpaired) electrons. The van der Waals surface area contributed by atoms with Gasteiger partial charge in [0.1, 0.15) is 5.75 Å². The Balaban J connectivity index is 2.00. The second-order valence-electron chi connectivity index (χ2n) is 4.86. The van der Waals surface area contributed by atoms with Gasteiger partial charge in [-0.3, -0.25) is 4.98 Å². The van der Waals surface area contributed by atoms with Gasteiger partial charge in [0.25, 0.3) is 0 Å². The van der Waals surface area contributed by atoms with Gasteiger partial charge in [0, 0.05) is 29.8 Å². The van der Waals surface area contributed by atoms with Gasteiger partial charge in [0.2, 0.25) is 5.88 Å². The number of benzene rings is 1. The fourth-order valence-electron chi connectivity index (χ4n) is 2.18. The first-order chi connectivity index (χ1) is 10.2. The van der Waals surface area contributed by atoms with Gasteiger partial charge in [-0.15, -0.1) is 5.10 Å². The first-order valence-electron chi connectivity index (χ1n) is 6.74. The van der Waals surface area contributed by atoms with Crippen LogP contribution in [0.5, 0.6) is 11.6 Å². The Morgan fingerprint density at radius 3 is 2.81 bits per heavy atom. The number of nitrogens with two attached hydrogens (primary N) is 1. The molecular formula is C16H16N4O. The standard InChI is InChI=1S/C16H16N4O/c1-10-11(2)19-20-16(14(10)9-17)21-13-6-5-12-4-3-7-18-15(12)8-13/h3-8H,9,17H2,1-2H3. The molecule has 21 heavy (non-hydrogen) atoms. The van der Waals surface area contributed by atoms with Crippen LogP contribution in [0.15, 0.2) is 36.5 Å². The molecule has 106 valence electrons. The van der Waals surface area contributed by atoms with Crippen molar-refractivity contribution in [1.29, 1.82) is 0 Å². The zero-order chi connectivity index (χ0) is 14.8. The van der Waals surface area contributed by atoms with Gasteiger partial charge < -0.3 is 10.5 Å². The van der Waals surface area contributed by atoms with Crippen molar-refractivity contribution < 1.29 is 4.74 Å². The van der Waals surface area contributed by atoms with Crippen molar-refractivity contribution in [2.24, 2.45) is 5.73 Å². The summed E-state index contributed by atoms with van der Waals surface area (Å²) < 4.78 is 5.85. The predicted molar refractivity (Wildman–Crippen MR) is 81.2 cm³/mol. The van der Waals surface area contributed by atoms with Crippen LogP contribution < -0.4 is 10.5 Å². The minimum Gasteiger partial charge on any atom is -0.437 e. The molecule has 5 heteroatoms. The summed E-state index contributed by atoms with van der Waals surface area (Å²) in [6.45, 7) is 4.25. The van der Waals surface area contributed by atoms with E-state index in [9.17, 15) is 0 Å². The lowest BCUT2D eigenvalue weighted by Gasteiger charge is -2.12. The third kappa shape index (κ3) is 2.55. The monoisotopic (exact) mass is 280 g/mol. The molecule has 3 rings (SSSR count). The van der Waals surface area contributed by atoms with E-state index in [4.69, 9.17) is 10.5 Å². The summed E-state index contributed by atoms with van der Waals surface area (Å²) in [6.07, 6.45) is 1.76. The second-order valence-corrected chi connectivity index (χ2v) is 4.86. The largest absolute Gasteiger partial charge is 0.437 e. The van der Waals surface area contributed by atoms with Gasteiger partial charge in [-0.05, 0) is 37.6 Å². The maximum absolute atomic E-state index is 5.85. The van der Waals surface area contributed by atoms with Gasteiger partial charge in [0.15, 0.2) is 0 Å². The third-order valence-corrected chi connectivity index (χ3v) is 3.54. The molecule has 0 atom stereocenters. The average molecular weight is 280 g/mol. The second kappa shape index (κ2) is 5.46. The van der Waals surface area contributed by atoms with E-state index in [0.29, 0.717) is 18.2 Å². The summed E-state index contributed by atoms with van der Waals surface area (Å²) in [6, 6.07) is 9.65. The zero-order valence-corrected chi connectivity index (χ0v) is 12.0. The molecule has 0 aliphatic rings. The average Bonchev–Trinajstić information content (AvgIpc) is 2.51. The number of rotatable bonds is 3. The molecule has 2 N–H and O–H groups in total. The SMILES string of the molecule is Cc1nnc(Oc2ccc3cccnc3c2)c(CN)c1C. The molecule has 0 unspecified atom stereocenters. The lowest BCUT2D eigenvalue weighted by molar-refractivity contribution is 0.447. The van der Waals surface area contributed by atoms with E-state index in [-0.39, 0.29) is 0 Å². The molecule has 0 bridgehead atoms. The maximum Gasteiger partial charge on any atom is 0.243 e. The molecule has 1 aromatic carbocycles. The Labute approximate surface area is 122 Å². The van der Waals surface area contributed by atoms with Crippen LogP contribution in [-0.4, -0.2) is 15.2 Å². The highest BCUT2D eigenvalue weighted by Gasteiger charge is 2.12. The van der Waals surface area contributed by atoms with E-state index in [0.717, 1.165) is 27.7 Å². The first kappa shape index (κ1) is 13.5. The summed E-state index contributed by atoms with van der Waals surface area (Å²) >= 11 is 0. The highest BCUT2D eigenvalue weighted by molar-refractivity contribution is 5.79. The molecule has 0 saturated carbocycles. The molecular weight excluding hydrogens is 264 g/mol. The summed E-state index contributed by atoms with van der Waals surface area (Å²) in [4.78, 5) is 4.32. The van der Waals surface area contributed by atoms with Crippen LogP contribution in [-0.2, 0) is 6.54 Å². The van der Waals surface area contributed by atoms with Crippen molar-refractivity contribution >= 4 is 10.9 Å². The number of hydrogen-bond donors (Lipinski definition) is 1. The molecule has 3 aromatic rings. The van der Waals surface area contributed by atoms with E-state index in [2.05, 4.69) is 15.2 Å². The summed E-state index contributed by atoms with van der Waals surface area (Å²) in [5.74, 6) is 1.13. The molecule has 0 aliphatic carbocycles. The normalized spacial score (nSPS) is 10.8. The number of hydrogen-bond acceptors (Lipinski definition) is 5. The number of aromatic nitrogens is 3. The minimum absolute atomic E-state index is 0.364. The summed E-state index contributed by atoms with van der Waals surface area (Å²) in [7, 11) is 0. The van der Waals surface area contributed by atoms with Gasteiger partial charge in [0.05, 0.1) is 11.2 Å². The predicted octanol–water partition coefficient (Wildman–Crippen LogP) is 2.89. The third-order valence-electron chi connectivity index (χ3n) is 3.54. The fraction of sp³-hybridized carbons (Fsp3) is 0.188. The van der Waals surface area contributed by atoms with E-state index in [1.165, 1.54) is 0 Å². The number of aryl methyl sites for hydroxylation is 1. The van der Waals surface area contributed by atoms with Crippen molar-refractivity contribution in [2.75, 3.05) is 0 Å². The summed E-state index contributed by atoms with van der Waals surface area (Å²) in [5.41, 5.74) is 9.44. The first-order valence-corrected chi connectivity index (χ1v) is 6.74. The lowest BCUT2D eigenvalue weighted by atomic mass is 10.1. The number of fused-ring (bicyclic) bond motifs is 1. The topological polar surface area (TPSA) is 73.9 Å². The van der Waals surface area contributed by atoms with Crippen LogP contribution >= 0.6 is 0 Å². The minimum atomic E-state index is 0.364. The molecule has 2 aromatic heterocycles. The van der Waals surface area contributed by atoms with E-state index < -0.39 is 0 Å².